The molecule has 0 aromatic heterocycles. The Morgan fingerprint density at radius 2 is 1.88 bits per heavy atom. The summed E-state index contributed by atoms with van der Waals surface area (Å²) in [6.07, 6.45) is 1.53. The maximum absolute atomic E-state index is 12.6. The van der Waals surface area contributed by atoms with Crippen molar-refractivity contribution in [2.75, 3.05) is 4.90 Å². The second-order valence-corrected chi connectivity index (χ2v) is 6.77. The molecule has 0 spiro atoms. The van der Waals surface area contributed by atoms with Gasteiger partial charge in [0.05, 0.1) is 16.2 Å². The van der Waals surface area contributed by atoms with E-state index in [0.29, 0.717) is 20.5 Å². The molecule has 1 saturated heterocycles. The Morgan fingerprint density at radius 3 is 2.48 bits per heavy atom. The van der Waals surface area contributed by atoms with Gasteiger partial charge in [0, 0.05) is 0 Å². The lowest BCUT2D eigenvalue weighted by Crippen LogP contribution is -2.27. The summed E-state index contributed by atoms with van der Waals surface area (Å²) in [5.41, 5.74) is 1.07. The number of thiocarbonyl (C=S) groups is 1. The van der Waals surface area contributed by atoms with E-state index in [4.69, 9.17) is 17.3 Å². The highest BCUT2D eigenvalue weighted by Gasteiger charge is 2.33. The number of carbonyl (C=O) groups excluding carboxylic acids is 1. The molecule has 2 N–H and O–H groups in total. The van der Waals surface area contributed by atoms with Gasteiger partial charge >= 0.3 is 5.97 Å². The van der Waals surface area contributed by atoms with Crippen LogP contribution in [0.5, 0.6) is 11.5 Å². The van der Waals surface area contributed by atoms with Crippen LogP contribution >= 0.6 is 24.0 Å². The predicted molar refractivity (Wildman–Crippen MR) is 96.6 cm³/mol. The number of rotatable bonds is 3. The number of benzene rings is 2. The highest BCUT2D eigenvalue weighted by molar-refractivity contribution is 8.27. The quantitative estimate of drug-likeness (QED) is 0.631. The van der Waals surface area contributed by atoms with Gasteiger partial charge in [-0.25, -0.2) is 4.79 Å². The van der Waals surface area contributed by atoms with Gasteiger partial charge < -0.3 is 15.3 Å². The van der Waals surface area contributed by atoms with E-state index in [9.17, 15) is 19.8 Å². The standard InChI is InChI=1S/C17H11NO5S2/c19-12-6-1-9(7-13(12)20)8-14-15(21)18(17(24)25-14)11-4-2-10(3-5-11)16(22)23/h1-8,19-20H,(H,22,23)/p-1/b14-8+. The Kier molecular flexibility index (Phi) is 4.47. The third-order valence-corrected chi connectivity index (χ3v) is 4.75. The SMILES string of the molecule is O=C(O)c1ccc(N2C(=O)/C(=C\c3ccc([O-])c(O)c3)SC2=S)cc1. The topological polar surface area (TPSA) is 101 Å². The first-order valence-electron chi connectivity index (χ1n) is 6.98. The van der Waals surface area contributed by atoms with Crippen molar-refractivity contribution < 1.29 is 24.9 Å². The normalized spacial score (nSPS) is 15.8. The number of carboxylic acids is 1. The number of hydrogen-bond acceptors (Lipinski definition) is 6. The lowest BCUT2D eigenvalue weighted by molar-refractivity contribution is -0.270. The fraction of sp³-hybridized carbons (Fsp3) is 0. The third kappa shape index (κ3) is 3.35. The molecule has 8 heteroatoms. The Morgan fingerprint density at radius 1 is 1.20 bits per heavy atom. The van der Waals surface area contributed by atoms with E-state index in [1.54, 1.807) is 0 Å². The molecule has 25 heavy (non-hydrogen) atoms. The number of carbonyl (C=O) groups is 2. The van der Waals surface area contributed by atoms with Gasteiger partial charge in [0.1, 0.15) is 5.75 Å². The number of carboxylic acid groups (broad SMARTS) is 1. The Hall–Kier alpha value is -2.84. The zero-order valence-corrected chi connectivity index (χ0v) is 14.1. The summed E-state index contributed by atoms with van der Waals surface area (Å²) in [5, 5.41) is 29.6. The van der Waals surface area contributed by atoms with Gasteiger partial charge in [-0.1, -0.05) is 41.9 Å². The molecule has 2 aromatic carbocycles. The van der Waals surface area contributed by atoms with E-state index in [2.05, 4.69) is 0 Å². The minimum Gasteiger partial charge on any atom is -0.870 e. The maximum Gasteiger partial charge on any atom is 0.335 e. The molecule has 0 aliphatic carbocycles. The lowest BCUT2D eigenvalue weighted by Gasteiger charge is -2.14. The van der Waals surface area contributed by atoms with Crippen molar-refractivity contribution in [2.24, 2.45) is 0 Å². The molecule has 1 aliphatic rings. The molecule has 2 aromatic rings. The molecule has 3 rings (SSSR count). The first-order valence-corrected chi connectivity index (χ1v) is 8.20. The van der Waals surface area contributed by atoms with Crippen molar-refractivity contribution in [3.8, 4) is 11.5 Å². The minimum absolute atomic E-state index is 0.109. The molecule has 0 unspecified atom stereocenters. The van der Waals surface area contributed by atoms with Crippen LogP contribution in [0.3, 0.4) is 0 Å². The molecule has 1 amide bonds. The molecule has 126 valence electrons. The number of thioether (sulfide) groups is 1. The molecular weight excluding hydrogens is 362 g/mol. The van der Waals surface area contributed by atoms with E-state index in [1.165, 1.54) is 53.4 Å². The van der Waals surface area contributed by atoms with Gasteiger partial charge in [0.15, 0.2) is 4.32 Å². The van der Waals surface area contributed by atoms with Crippen LogP contribution in [0.15, 0.2) is 47.4 Å². The summed E-state index contributed by atoms with van der Waals surface area (Å²) in [4.78, 5) is 25.1. The number of aromatic carboxylic acids is 1. The van der Waals surface area contributed by atoms with Crippen LogP contribution in [0, 0.1) is 0 Å². The number of aromatic hydroxyl groups is 1. The molecule has 1 fully saturated rings. The Labute approximate surface area is 152 Å². The van der Waals surface area contributed by atoms with Crippen LogP contribution in [0.4, 0.5) is 5.69 Å². The van der Waals surface area contributed by atoms with E-state index in [0.717, 1.165) is 11.8 Å². The smallest absolute Gasteiger partial charge is 0.335 e. The van der Waals surface area contributed by atoms with E-state index in [1.807, 2.05) is 0 Å². The highest BCUT2D eigenvalue weighted by atomic mass is 32.2. The largest absolute Gasteiger partial charge is 0.870 e. The van der Waals surface area contributed by atoms with Gasteiger partial charge in [-0.15, -0.1) is 0 Å². The van der Waals surface area contributed by atoms with Crippen LogP contribution in [-0.2, 0) is 4.79 Å². The molecule has 0 radical (unpaired) electrons. The minimum atomic E-state index is -1.06. The molecule has 0 atom stereocenters. The van der Waals surface area contributed by atoms with Crippen LogP contribution in [0.25, 0.3) is 6.08 Å². The second kappa shape index (κ2) is 6.58. The fourth-order valence-electron chi connectivity index (χ4n) is 2.22. The fourth-order valence-corrected chi connectivity index (χ4v) is 3.52. The van der Waals surface area contributed by atoms with Gasteiger partial charge in [-0.05, 0) is 42.0 Å². The van der Waals surface area contributed by atoms with Gasteiger partial charge in [0.2, 0.25) is 0 Å². The Balaban J connectivity index is 1.90. The number of hydrogen-bond donors (Lipinski definition) is 2. The van der Waals surface area contributed by atoms with E-state index in [-0.39, 0.29) is 11.5 Å². The Bertz CT molecular complexity index is 921. The number of anilines is 1. The third-order valence-electron chi connectivity index (χ3n) is 3.45. The summed E-state index contributed by atoms with van der Waals surface area (Å²) in [6.45, 7) is 0. The van der Waals surface area contributed by atoms with Crippen molar-refractivity contribution in [3.05, 3.63) is 58.5 Å². The summed E-state index contributed by atoms with van der Waals surface area (Å²) < 4.78 is 0.309. The maximum atomic E-state index is 12.6. The number of nitrogens with zero attached hydrogens (tertiary/aromatic N) is 1. The van der Waals surface area contributed by atoms with E-state index >= 15 is 0 Å². The van der Waals surface area contributed by atoms with Crippen LogP contribution in [0.1, 0.15) is 15.9 Å². The number of phenolic OH excluding ortho intramolecular Hbond substituents is 1. The van der Waals surface area contributed by atoms with Crippen molar-refractivity contribution >= 4 is 51.9 Å². The number of phenols is 1. The van der Waals surface area contributed by atoms with Crippen molar-refractivity contribution in [3.63, 3.8) is 0 Å². The first-order chi connectivity index (χ1) is 11.9. The van der Waals surface area contributed by atoms with Crippen LogP contribution in [0.2, 0.25) is 0 Å². The molecule has 0 bridgehead atoms. The van der Waals surface area contributed by atoms with Gasteiger partial charge in [-0.3, -0.25) is 9.69 Å². The molecular formula is C17H10NO5S2-. The molecule has 0 saturated carbocycles. The monoisotopic (exact) mass is 372 g/mol. The lowest BCUT2D eigenvalue weighted by atomic mass is 10.1. The van der Waals surface area contributed by atoms with Crippen LogP contribution < -0.4 is 10.0 Å². The number of amides is 1. The predicted octanol–water partition coefficient (Wildman–Crippen LogP) is 2.57. The average molecular weight is 372 g/mol. The second-order valence-electron chi connectivity index (χ2n) is 5.10. The van der Waals surface area contributed by atoms with Gasteiger partial charge in [-0.2, -0.15) is 0 Å². The highest BCUT2D eigenvalue weighted by Crippen LogP contribution is 2.36. The van der Waals surface area contributed by atoms with E-state index < -0.39 is 17.5 Å². The zero-order chi connectivity index (χ0) is 18.1. The van der Waals surface area contributed by atoms with Gasteiger partial charge in [0.25, 0.3) is 5.91 Å². The van der Waals surface area contributed by atoms with Crippen LogP contribution in [-0.4, -0.2) is 26.4 Å². The molecule has 6 nitrogen and oxygen atoms in total. The van der Waals surface area contributed by atoms with Crippen molar-refractivity contribution in [1.82, 2.24) is 0 Å². The average Bonchev–Trinajstić information content (AvgIpc) is 2.85. The first kappa shape index (κ1) is 17.0. The van der Waals surface area contributed by atoms with Crippen molar-refractivity contribution in [2.45, 2.75) is 0 Å². The summed E-state index contributed by atoms with van der Waals surface area (Å²) in [7, 11) is 0. The summed E-state index contributed by atoms with van der Waals surface area (Å²) in [5.74, 6) is -2.31. The molecule has 1 aliphatic heterocycles. The summed E-state index contributed by atoms with van der Waals surface area (Å²) >= 11 is 6.32. The zero-order valence-electron chi connectivity index (χ0n) is 12.5. The molecule has 1 heterocycles. The summed E-state index contributed by atoms with van der Waals surface area (Å²) in [6, 6.07) is 9.79. The van der Waals surface area contributed by atoms with Crippen molar-refractivity contribution in [1.29, 1.82) is 0 Å².